The van der Waals surface area contributed by atoms with Gasteiger partial charge < -0.3 is 10.3 Å². The van der Waals surface area contributed by atoms with Gasteiger partial charge in [-0.1, -0.05) is 11.6 Å². The van der Waals surface area contributed by atoms with Crippen molar-refractivity contribution in [1.82, 2.24) is 10.1 Å². The van der Waals surface area contributed by atoms with Gasteiger partial charge in [-0.3, -0.25) is 0 Å². The maximum atomic E-state index is 5.81. The van der Waals surface area contributed by atoms with Gasteiger partial charge in [0.2, 0.25) is 5.89 Å². The van der Waals surface area contributed by atoms with E-state index in [1.807, 2.05) is 0 Å². The van der Waals surface area contributed by atoms with E-state index in [2.05, 4.69) is 10.1 Å². The molecule has 0 spiro atoms. The molecule has 3 rings (SSSR count). The first-order chi connectivity index (χ1) is 7.31. The van der Waals surface area contributed by atoms with Crippen LogP contribution in [-0.2, 0) is 6.42 Å². The van der Waals surface area contributed by atoms with Gasteiger partial charge in [-0.05, 0) is 37.6 Å². The van der Waals surface area contributed by atoms with Crippen molar-refractivity contribution in [3.63, 3.8) is 0 Å². The number of nitrogens with two attached hydrogens (primary N) is 1. The van der Waals surface area contributed by atoms with Crippen LogP contribution in [0.4, 0.5) is 0 Å². The van der Waals surface area contributed by atoms with E-state index < -0.39 is 0 Å². The second kappa shape index (κ2) is 3.30. The minimum atomic E-state index is 0.271. The first kappa shape index (κ1) is 9.33. The zero-order valence-corrected chi connectivity index (χ0v) is 8.91. The van der Waals surface area contributed by atoms with Crippen LogP contribution in [-0.4, -0.2) is 16.7 Å². The van der Waals surface area contributed by atoms with Gasteiger partial charge in [-0.2, -0.15) is 4.98 Å². The van der Waals surface area contributed by atoms with E-state index in [1.165, 1.54) is 32.1 Å². The van der Waals surface area contributed by atoms with Gasteiger partial charge in [-0.25, -0.2) is 0 Å². The molecule has 0 amide bonds. The summed E-state index contributed by atoms with van der Waals surface area (Å²) in [6.07, 6.45) is 7.04. The lowest BCUT2D eigenvalue weighted by atomic mass is 9.67. The lowest BCUT2D eigenvalue weighted by molar-refractivity contribution is 0.129. The molecule has 0 bridgehead atoms. The fraction of sp³-hybridized carbons (Fsp3) is 0.818. The highest BCUT2D eigenvalue weighted by molar-refractivity contribution is 5.05. The zero-order chi connectivity index (χ0) is 10.3. The topological polar surface area (TPSA) is 64.9 Å². The first-order valence-electron chi connectivity index (χ1n) is 5.84. The van der Waals surface area contributed by atoms with Crippen LogP contribution in [0.5, 0.6) is 0 Å². The lowest BCUT2D eigenvalue weighted by Gasteiger charge is -2.39. The van der Waals surface area contributed by atoms with Crippen LogP contribution in [0, 0.1) is 5.41 Å². The van der Waals surface area contributed by atoms with Crippen LogP contribution in [0.2, 0.25) is 0 Å². The van der Waals surface area contributed by atoms with E-state index in [0.29, 0.717) is 5.92 Å². The highest BCUT2D eigenvalue weighted by atomic mass is 16.5. The summed E-state index contributed by atoms with van der Waals surface area (Å²) < 4.78 is 5.28. The molecular formula is C11H17N3O. The van der Waals surface area contributed by atoms with Crippen LogP contribution < -0.4 is 5.73 Å². The third-order valence-electron chi connectivity index (χ3n) is 3.80. The zero-order valence-electron chi connectivity index (χ0n) is 8.91. The molecule has 0 atom stereocenters. The van der Waals surface area contributed by atoms with Crippen molar-refractivity contribution in [2.45, 2.75) is 44.4 Å². The Bertz CT molecular complexity index is 347. The number of aromatic nitrogens is 2. The molecule has 2 N–H and O–H groups in total. The lowest BCUT2D eigenvalue weighted by Crippen LogP contribution is -2.39. The molecule has 1 heterocycles. The smallest absolute Gasteiger partial charge is 0.227 e. The molecule has 0 unspecified atom stereocenters. The van der Waals surface area contributed by atoms with Crippen molar-refractivity contribution < 1.29 is 4.52 Å². The average Bonchev–Trinajstić information content (AvgIpc) is 2.94. The van der Waals surface area contributed by atoms with Gasteiger partial charge in [0, 0.05) is 12.3 Å². The highest BCUT2D eigenvalue weighted by Gasteiger charge is 2.38. The van der Waals surface area contributed by atoms with Crippen LogP contribution >= 0.6 is 0 Å². The number of nitrogens with zero attached hydrogens (tertiary/aromatic N) is 2. The van der Waals surface area contributed by atoms with Crippen molar-refractivity contribution in [1.29, 1.82) is 0 Å². The average molecular weight is 207 g/mol. The number of rotatable bonds is 4. The third-order valence-corrected chi connectivity index (χ3v) is 3.80. The van der Waals surface area contributed by atoms with Crippen molar-refractivity contribution in [3.8, 4) is 0 Å². The van der Waals surface area contributed by atoms with Crippen LogP contribution in [0.1, 0.15) is 49.7 Å². The van der Waals surface area contributed by atoms with E-state index >= 15 is 0 Å². The summed E-state index contributed by atoms with van der Waals surface area (Å²) in [5.74, 6) is 2.29. The normalized spacial score (nSPS) is 23.8. The molecule has 1 aromatic heterocycles. The predicted molar refractivity (Wildman–Crippen MR) is 55.3 cm³/mol. The summed E-state index contributed by atoms with van der Waals surface area (Å²) in [6, 6.07) is 0. The molecule has 4 heteroatoms. The predicted octanol–water partition coefficient (Wildman–Crippen LogP) is 1.62. The quantitative estimate of drug-likeness (QED) is 0.814. The van der Waals surface area contributed by atoms with E-state index in [9.17, 15) is 0 Å². The molecule has 0 aliphatic heterocycles. The second-order valence-corrected chi connectivity index (χ2v) is 5.06. The van der Waals surface area contributed by atoms with Gasteiger partial charge in [0.25, 0.3) is 0 Å². The van der Waals surface area contributed by atoms with E-state index in [4.69, 9.17) is 10.3 Å². The molecule has 2 saturated carbocycles. The fourth-order valence-corrected chi connectivity index (χ4v) is 2.30. The molecule has 0 aromatic carbocycles. The Balaban J connectivity index is 1.70. The summed E-state index contributed by atoms with van der Waals surface area (Å²) in [6.45, 7) is 0.744. The number of hydrogen-bond acceptors (Lipinski definition) is 4. The molecule has 2 fully saturated rings. The van der Waals surface area contributed by atoms with Crippen molar-refractivity contribution in [2.75, 3.05) is 6.54 Å². The highest BCUT2D eigenvalue weighted by Crippen LogP contribution is 2.43. The van der Waals surface area contributed by atoms with E-state index in [-0.39, 0.29) is 5.41 Å². The summed E-state index contributed by atoms with van der Waals surface area (Å²) in [7, 11) is 0. The number of hydrogen-bond donors (Lipinski definition) is 1. The van der Waals surface area contributed by atoms with E-state index in [1.54, 1.807) is 0 Å². The maximum Gasteiger partial charge on any atom is 0.227 e. The van der Waals surface area contributed by atoms with Gasteiger partial charge in [0.05, 0.1) is 0 Å². The Morgan fingerprint density at radius 1 is 1.40 bits per heavy atom. The SMILES string of the molecule is NCC1(Cc2nc(C3CC3)no2)CCC1. The van der Waals surface area contributed by atoms with Crippen LogP contribution in [0.25, 0.3) is 0 Å². The monoisotopic (exact) mass is 207 g/mol. The summed E-state index contributed by atoms with van der Waals surface area (Å²) in [4.78, 5) is 4.45. The Hall–Kier alpha value is -0.900. The van der Waals surface area contributed by atoms with Crippen LogP contribution in [0.15, 0.2) is 4.52 Å². The third kappa shape index (κ3) is 1.67. The molecule has 2 aliphatic carbocycles. The molecule has 0 radical (unpaired) electrons. The maximum absolute atomic E-state index is 5.81. The van der Waals surface area contributed by atoms with Crippen molar-refractivity contribution >= 4 is 0 Å². The molecule has 0 saturated heterocycles. The summed E-state index contributed by atoms with van der Waals surface area (Å²) in [5.41, 5.74) is 6.08. The Kier molecular flexibility index (Phi) is 2.06. The second-order valence-electron chi connectivity index (χ2n) is 5.06. The standard InChI is InChI=1S/C11H17N3O/c12-7-11(4-1-5-11)6-9-13-10(14-15-9)8-2-3-8/h8H,1-7,12H2. The minimum absolute atomic E-state index is 0.271. The van der Waals surface area contributed by atoms with Crippen molar-refractivity contribution in [2.24, 2.45) is 11.1 Å². The molecule has 4 nitrogen and oxygen atoms in total. The molecule has 15 heavy (non-hydrogen) atoms. The molecular weight excluding hydrogens is 190 g/mol. The molecule has 82 valence electrons. The molecule has 2 aliphatic rings. The van der Waals surface area contributed by atoms with Gasteiger partial charge in [-0.15, -0.1) is 0 Å². The van der Waals surface area contributed by atoms with Gasteiger partial charge >= 0.3 is 0 Å². The van der Waals surface area contributed by atoms with E-state index in [0.717, 1.165) is 24.7 Å². The van der Waals surface area contributed by atoms with Gasteiger partial charge in [0.15, 0.2) is 5.82 Å². The summed E-state index contributed by atoms with van der Waals surface area (Å²) >= 11 is 0. The van der Waals surface area contributed by atoms with Gasteiger partial charge in [0.1, 0.15) is 0 Å². The minimum Gasteiger partial charge on any atom is -0.339 e. The Morgan fingerprint density at radius 3 is 2.73 bits per heavy atom. The van der Waals surface area contributed by atoms with Crippen molar-refractivity contribution in [3.05, 3.63) is 11.7 Å². The first-order valence-corrected chi connectivity index (χ1v) is 5.84. The fourth-order valence-electron chi connectivity index (χ4n) is 2.30. The Morgan fingerprint density at radius 2 is 2.20 bits per heavy atom. The molecule has 1 aromatic rings. The van der Waals surface area contributed by atoms with Crippen LogP contribution in [0.3, 0.4) is 0 Å². The summed E-state index contributed by atoms with van der Waals surface area (Å²) in [5, 5.41) is 4.03. The Labute approximate surface area is 89.2 Å². The largest absolute Gasteiger partial charge is 0.339 e.